The molecule has 0 radical (unpaired) electrons. The third-order valence-electron chi connectivity index (χ3n) is 2.76. The van der Waals surface area contributed by atoms with Crippen molar-refractivity contribution in [3.05, 3.63) is 0 Å². The maximum atomic E-state index is 11.0. The van der Waals surface area contributed by atoms with E-state index in [-0.39, 0.29) is 17.9 Å². The van der Waals surface area contributed by atoms with Crippen LogP contribution in [0, 0.1) is 5.41 Å². The Morgan fingerprint density at radius 2 is 2.50 bits per heavy atom. The van der Waals surface area contributed by atoms with Crippen molar-refractivity contribution < 1.29 is 9.90 Å². The lowest BCUT2D eigenvalue weighted by Crippen LogP contribution is -2.30. The molecule has 0 aromatic rings. The SMILES string of the molecule is CC1(CO)CCN(C2=NC(=O)CS2)C1. The van der Waals surface area contributed by atoms with Crippen LogP contribution in [0.2, 0.25) is 0 Å². The highest BCUT2D eigenvalue weighted by Crippen LogP contribution is 2.32. The second-order valence-corrected chi connectivity index (χ2v) is 5.16. The molecule has 0 aromatic heterocycles. The number of hydrogen-bond acceptors (Lipinski definition) is 4. The molecule has 2 heterocycles. The number of amides is 1. The number of rotatable bonds is 1. The van der Waals surface area contributed by atoms with Gasteiger partial charge in [-0.15, -0.1) is 0 Å². The quantitative estimate of drug-likeness (QED) is 0.683. The Morgan fingerprint density at radius 3 is 3.00 bits per heavy atom. The highest BCUT2D eigenvalue weighted by Gasteiger charge is 2.36. The lowest BCUT2D eigenvalue weighted by atomic mass is 9.91. The largest absolute Gasteiger partial charge is 0.396 e. The molecule has 1 unspecified atom stereocenters. The van der Waals surface area contributed by atoms with Crippen LogP contribution in [-0.2, 0) is 4.79 Å². The minimum atomic E-state index is -0.0393. The number of nitrogens with zero attached hydrogens (tertiary/aromatic N) is 2. The van der Waals surface area contributed by atoms with E-state index in [9.17, 15) is 9.90 Å². The van der Waals surface area contributed by atoms with E-state index in [2.05, 4.69) is 16.8 Å². The molecule has 14 heavy (non-hydrogen) atoms. The minimum Gasteiger partial charge on any atom is -0.396 e. The topological polar surface area (TPSA) is 52.9 Å². The lowest BCUT2D eigenvalue weighted by molar-refractivity contribution is -0.115. The fourth-order valence-electron chi connectivity index (χ4n) is 1.78. The second-order valence-electron chi connectivity index (χ2n) is 4.22. The molecule has 1 atom stereocenters. The van der Waals surface area contributed by atoms with Crippen LogP contribution in [0.3, 0.4) is 0 Å². The molecule has 4 nitrogen and oxygen atoms in total. The van der Waals surface area contributed by atoms with Gasteiger partial charge in [-0.3, -0.25) is 4.79 Å². The van der Waals surface area contributed by atoms with Gasteiger partial charge in [0, 0.05) is 18.5 Å². The summed E-state index contributed by atoms with van der Waals surface area (Å²) < 4.78 is 0. The summed E-state index contributed by atoms with van der Waals surface area (Å²) in [6.07, 6.45) is 0.970. The number of carbonyl (C=O) groups is 1. The molecule has 2 aliphatic heterocycles. The van der Waals surface area contributed by atoms with Crippen LogP contribution >= 0.6 is 11.8 Å². The Labute approximate surface area is 87.4 Å². The van der Waals surface area contributed by atoms with E-state index in [0.29, 0.717) is 5.75 Å². The molecule has 0 aromatic carbocycles. The van der Waals surface area contributed by atoms with Crippen LogP contribution in [-0.4, -0.2) is 46.5 Å². The highest BCUT2D eigenvalue weighted by atomic mass is 32.2. The van der Waals surface area contributed by atoms with E-state index in [1.54, 1.807) is 0 Å². The molecule has 1 amide bonds. The molecule has 78 valence electrons. The molecule has 5 heteroatoms. The predicted molar refractivity (Wildman–Crippen MR) is 56.3 cm³/mol. The first-order chi connectivity index (χ1) is 6.63. The van der Waals surface area contributed by atoms with Crippen LogP contribution < -0.4 is 0 Å². The molecular weight excluding hydrogens is 200 g/mol. The van der Waals surface area contributed by atoms with Crippen LogP contribution in [0.4, 0.5) is 0 Å². The summed E-state index contributed by atoms with van der Waals surface area (Å²) in [5, 5.41) is 10.0. The standard InChI is InChI=1S/C9H14N2O2S/c1-9(6-12)2-3-11(5-9)8-10-7(13)4-14-8/h12H,2-6H2,1H3. The van der Waals surface area contributed by atoms with E-state index in [0.717, 1.165) is 24.7 Å². The first kappa shape index (κ1) is 9.98. The van der Waals surface area contributed by atoms with E-state index < -0.39 is 0 Å². The highest BCUT2D eigenvalue weighted by molar-refractivity contribution is 8.14. The van der Waals surface area contributed by atoms with Gasteiger partial charge in [-0.2, -0.15) is 4.99 Å². The number of aliphatic hydroxyl groups is 1. The second kappa shape index (κ2) is 3.55. The fraction of sp³-hybridized carbons (Fsp3) is 0.778. The van der Waals surface area contributed by atoms with Crippen LogP contribution in [0.1, 0.15) is 13.3 Å². The zero-order valence-electron chi connectivity index (χ0n) is 8.19. The van der Waals surface area contributed by atoms with Gasteiger partial charge in [-0.05, 0) is 6.42 Å². The van der Waals surface area contributed by atoms with E-state index in [1.165, 1.54) is 11.8 Å². The van der Waals surface area contributed by atoms with Crippen molar-refractivity contribution in [2.24, 2.45) is 10.4 Å². The summed E-state index contributed by atoms with van der Waals surface area (Å²) in [5.74, 6) is 0.435. The number of aliphatic imine (C=N–C) groups is 1. The van der Waals surface area contributed by atoms with Gasteiger partial charge in [0.15, 0.2) is 5.17 Å². The normalized spacial score (nSPS) is 32.6. The Balaban J connectivity index is 2.02. The molecule has 1 fully saturated rings. The van der Waals surface area contributed by atoms with Crippen molar-refractivity contribution in [1.29, 1.82) is 0 Å². The predicted octanol–water partition coefficient (Wildman–Crippen LogP) is 0.320. The summed E-state index contributed by atoms with van der Waals surface area (Å²) in [6.45, 7) is 3.98. The van der Waals surface area contributed by atoms with E-state index in [4.69, 9.17) is 0 Å². The van der Waals surface area contributed by atoms with Crippen molar-refractivity contribution in [3.8, 4) is 0 Å². The number of aliphatic hydroxyl groups excluding tert-OH is 1. The van der Waals surface area contributed by atoms with Gasteiger partial charge in [-0.1, -0.05) is 18.7 Å². The number of likely N-dealkylation sites (tertiary alicyclic amines) is 1. The molecule has 0 spiro atoms. The summed E-state index contributed by atoms with van der Waals surface area (Å²) in [4.78, 5) is 17.0. The molecule has 0 saturated carbocycles. The van der Waals surface area contributed by atoms with Crippen LogP contribution in [0.25, 0.3) is 0 Å². The molecule has 2 aliphatic rings. The van der Waals surface area contributed by atoms with Crippen molar-refractivity contribution >= 4 is 22.8 Å². The first-order valence-corrected chi connectivity index (χ1v) is 5.72. The molecule has 2 rings (SSSR count). The number of thioether (sulfide) groups is 1. The zero-order valence-corrected chi connectivity index (χ0v) is 9.01. The van der Waals surface area contributed by atoms with E-state index in [1.807, 2.05) is 0 Å². The van der Waals surface area contributed by atoms with Crippen molar-refractivity contribution in [2.75, 3.05) is 25.4 Å². The third-order valence-corrected chi connectivity index (χ3v) is 3.75. The Kier molecular flexibility index (Phi) is 2.53. The minimum absolute atomic E-state index is 0.0191. The molecule has 1 saturated heterocycles. The van der Waals surface area contributed by atoms with Crippen molar-refractivity contribution in [1.82, 2.24) is 4.90 Å². The van der Waals surface area contributed by atoms with Gasteiger partial charge in [0.25, 0.3) is 5.91 Å². The molecule has 1 N–H and O–H groups in total. The smallest absolute Gasteiger partial charge is 0.258 e. The van der Waals surface area contributed by atoms with Gasteiger partial charge in [0.05, 0.1) is 12.4 Å². The maximum Gasteiger partial charge on any atom is 0.258 e. The average molecular weight is 214 g/mol. The fourth-order valence-corrected chi connectivity index (χ4v) is 2.60. The van der Waals surface area contributed by atoms with Gasteiger partial charge in [0.1, 0.15) is 0 Å². The Hall–Kier alpha value is -0.550. The number of amidine groups is 1. The average Bonchev–Trinajstić information content (AvgIpc) is 2.73. The Bertz CT molecular complexity index is 293. The summed E-state index contributed by atoms with van der Waals surface area (Å²) in [5.41, 5.74) is -0.0191. The summed E-state index contributed by atoms with van der Waals surface area (Å²) in [6, 6.07) is 0. The van der Waals surface area contributed by atoms with Gasteiger partial charge >= 0.3 is 0 Å². The molecular formula is C9H14N2O2S. The van der Waals surface area contributed by atoms with Crippen LogP contribution in [0.15, 0.2) is 4.99 Å². The summed E-state index contributed by atoms with van der Waals surface area (Å²) in [7, 11) is 0. The van der Waals surface area contributed by atoms with Crippen molar-refractivity contribution in [3.63, 3.8) is 0 Å². The van der Waals surface area contributed by atoms with Gasteiger partial charge in [-0.25, -0.2) is 0 Å². The molecule has 0 aliphatic carbocycles. The maximum absolute atomic E-state index is 11.0. The summed E-state index contributed by atoms with van der Waals surface area (Å²) >= 11 is 1.50. The van der Waals surface area contributed by atoms with Crippen molar-refractivity contribution in [2.45, 2.75) is 13.3 Å². The monoisotopic (exact) mass is 214 g/mol. The molecule has 0 bridgehead atoms. The zero-order chi connectivity index (χ0) is 10.2. The third kappa shape index (κ3) is 1.79. The van der Waals surface area contributed by atoms with E-state index >= 15 is 0 Å². The Morgan fingerprint density at radius 1 is 1.71 bits per heavy atom. The lowest BCUT2D eigenvalue weighted by Gasteiger charge is -2.22. The van der Waals surface area contributed by atoms with Gasteiger partial charge < -0.3 is 10.0 Å². The number of hydrogen-bond donors (Lipinski definition) is 1. The van der Waals surface area contributed by atoms with Crippen LogP contribution in [0.5, 0.6) is 0 Å². The van der Waals surface area contributed by atoms with Gasteiger partial charge in [0.2, 0.25) is 0 Å². The first-order valence-electron chi connectivity index (χ1n) is 4.73. The number of carbonyl (C=O) groups excluding carboxylic acids is 1.